The topological polar surface area (TPSA) is 88.8 Å². The molecule has 0 bridgehead atoms. The van der Waals surface area contributed by atoms with Gasteiger partial charge in [0, 0.05) is 24.0 Å². The molecular formula is C21H27N5O3S. The van der Waals surface area contributed by atoms with E-state index < -0.39 is 0 Å². The van der Waals surface area contributed by atoms with E-state index in [1.54, 1.807) is 12.0 Å². The molecule has 2 heterocycles. The zero-order valence-electron chi connectivity index (χ0n) is 17.9. The number of aryl methyl sites for hydroxylation is 1. The summed E-state index contributed by atoms with van der Waals surface area (Å²) in [6.07, 6.45) is 0. The fourth-order valence-corrected chi connectivity index (χ4v) is 4.11. The van der Waals surface area contributed by atoms with Gasteiger partial charge in [-0.25, -0.2) is 0 Å². The quantitative estimate of drug-likeness (QED) is 0.554. The summed E-state index contributed by atoms with van der Waals surface area (Å²) in [4.78, 5) is 26.3. The largest absolute Gasteiger partial charge is 0.497 e. The predicted octanol–water partition coefficient (Wildman–Crippen LogP) is 2.66. The number of methoxy groups -OCH3 is 1. The minimum Gasteiger partial charge on any atom is -0.497 e. The lowest BCUT2D eigenvalue weighted by Gasteiger charge is -2.20. The van der Waals surface area contributed by atoms with Gasteiger partial charge in [-0.2, -0.15) is 0 Å². The van der Waals surface area contributed by atoms with E-state index in [9.17, 15) is 9.59 Å². The Bertz CT molecular complexity index is 1080. The van der Waals surface area contributed by atoms with Gasteiger partial charge in [0.15, 0.2) is 10.8 Å². The number of aromatic nitrogens is 3. The summed E-state index contributed by atoms with van der Waals surface area (Å²) < 4.78 is 7.31. The van der Waals surface area contributed by atoms with Crippen molar-refractivity contribution in [3.63, 3.8) is 0 Å². The number of amides is 2. The van der Waals surface area contributed by atoms with Crippen LogP contribution in [0.1, 0.15) is 26.3 Å². The lowest BCUT2D eigenvalue weighted by atomic mass is 10.1. The van der Waals surface area contributed by atoms with Gasteiger partial charge in [0.1, 0.15) is 5.75 Å². The van der Waals surface area contributed by atoms with E-state index >= 15 is 0 Å². The van der Waals surface area contributed by atoms with Crippen LogP contribution in [0.3, 0.4) is 0 Å². The maximum absolute atomic E-state index is 12.7. The summed E-state index contributed by atoms with van der Waals surface area (Å²) >= 11 is 1.31. The zero-order chi connectivity index (χ0) is 21.8. The van der Waals surface area contributed by atoms with Gasteiger partial charge < -0.3 is 15.0 Å². The summed E-state index contributed by atoms with van der Waals surface area (Å²) in [5.41, 5.74) is 2.73. The second-order valence-corrected chi connectivity index (χ2v) is 8.25. The molecule has 1 N–H and O–H groups in total. The minimum absolute atomic E-state index is 0.0387. The molecule has 30 heavy (non-hydrogen) atoms. The maximum Gasteiger partial charge on any atom is 0.239 e. The standard InChI is InChI=1S/C21H27N5O3S/c1-6-25(11-19(27)22-13(2)3)20(28)12-30-21-24-23-18-9-14(4)16-8-7-15(29-5)10-17(16)26(18)21/h7-10,13H,6,11-12H2,1-5H3,(H,22,27). The number of nitrogens with zero attached hydrogens (tertiary/aromatic N) is 4. The number of fused-ring (bicyclic) bond motifs is 3. The van der Waals surface area contributed by atoms with E-state index in [0.717, 1.165) is 22.2 Å². The summed E-state index contributed by atoms with van der Waals surface area (Å²) in [7, 11) is 1.63. The van der Waals surface area contributed by atoms with Crippen LogP contribution in [-0.2, 0) is 9.59 Å². The Labute approximate surface area is 180 Å². The number of hydrogen-bond donors (Lipinski definition) is 1. The summed E-state index contributed by atoms with van der Waals surface area (Å²) in [6.45, 7) is 8.19. The Morgan fingerprint density at radius 2 is 2.03 bits per heavy atom. The molecule has 0 saturated carbocycles. The molecule has 0 spiro atoms. The number of rotatable bonds is 8. The number of ether oxygens (including phenoxy) is 1. The highest BCUT2D eigenvalue weighted by molar-refractivity contribution is 7.99. The lowest BCUT2D eigenvalue weighted by Crippen LogP contribution is -2.43. The minimum atomic E-state index is -0.160. The van der Waals surface area contributed by atoms with Crippen LogP contribution in [0, 0.1) is 6.92 Å². The van der Waals surface area contributed by atoms with Crippen molar-refractivity contribution in [1.29, 1.82) is 0 Å². The Morgan fingerprint density at radius 3 is 2.70 bits per heavy atom. The molecular weight excluding hydrogens is 402 g/mol. The van der Waals surface area contributed by atoms with Gasteiger partial charge in [-0.05, 0) is 51.5 Å². The van der Waals surface area contributed by atoms with Crippen molar-refractivity contribution in [3.8, 4) is 5.75 Å². The second-order valence-electron chi connectivity index (χ2n) is 7.31. The van der Waals surface area contributed by atoms with Crippen LogP contribution < -0.4 is 10.1 Å². The maximum atomic E-state index is 12.7. The van der Waals surface area contributed by atoms with Gasteiger partial charge in [0.25, 0.3) is 0 Å². The molecule has 160 valence electrons. The van der Waals surface area contributed by atoms with Crippen molar-refractivity contribution in [2.75, 3.05) is 26.0 Å². The van der Waals surface area contributed by atoms with Crippen molar-refractivity contribution >= 4 is 40.1 Å². The molecule has 0 atom stereocenters. The molecule has 1 aromatic carbocycles. The average molecular weight is 430 g/mol. The monoisotopic (exact) mass is 429 g/mol. The molecule has 0 unspecified atom stereocenters. The smallest absolute Gasteiger partial charge is 0.239 e. The zero-order valence-corrected chi connectivity index (χ0v) is 18.7. The van der Waals surface area contributed by atoms with Crippen LogP contribution in [0.15, 0.2) is 29.4 Å². The van der Waals surface area contributed by atoms with Crippen molar-refractivity contribution < 1.29 is 14.3 Å². The number of thioether (sulfide) groups is 1. The Kier molecular flexibility index (Phi) is 6.81. The molecule has 0 radical (unpaired) electrons. The van der Waals surface area contributed by atoms with Crippen LogP contribution in [0.5, 0.6) is 5.75 Å². The molecule has 0 fully saturated rings. The summed E-state index contributed by atoms with van der Waals surface area (Å²) in [5.74, 6) is 0.630. The first-order chi connectivity index (χ1) is 14.3. The normalized spacial score (nSPS) is 11.3. The summed E-state index contributed by atoms with van der Waals surface area (Å²) in [6, 6.07) is 7.89. The van der Waals surface area contributed by atoms with Crippen LogP contribution in [0.25, 0.3) is 16.6 Å². The van der Waals surface area contributed by atoms with Crippen molar-refractivity contribution in [1.82, 2.24) is 24.8 Å². The number of carbonyl (C=O) groups is 2. The van der Waals surface area contributed by atoms with E-state index in [2.05, 4.69) is 15.5 Å². The van der Waals surface area contributed by atoms with Gasteiger partial charge in [-0.3, -0.25) is 14.0 Å². The Morgan fingerprint density at radius 1 is 1.27 bits per heavy atom. The third-order valence-electron chi connectivity index (χ3n) is 4.72. The molecule has 3 aromatic rings. The van der Waals surface area contributed by atoms with Gasteiger partial charge in [0.2, 0.25) is 11.8 Å². The SMILES string of the molecule is CCN(CC(=O)NC(C)C)C(=O)CSc1nnc2cc(C)c3ccc(OC)cc3n12. The second kappa shape index (κ2) is 9.34. The number of benzene rings is 1. The third kappa shape index (κ3) is 4.67. The molecule has 0 aliphatic heterocycles. The van der Waals surface area contributed by atoms with Gasteiger partial charge in [-0.15, -0.1) is 10.2 Å². The van der Waals surface area contributed by atoms with Crippen molar-refractivity contribution in [2.24, 2.45) is 0 Å². The molecule has 3 rings (SSSR count). The predicted molar refractivity (Wildman–Crippen MR) is 118 cm³/mol. The van der Waals surface area contributed by atoms with Crippen molar-refractivity contribution in [2.45, 2.75) is 38.9 Å². The van der Waals surface area contributed by atoms with E-state index in [1.165, 1.54) is 11.8 Å². The molecule has 0 saturated heterocycles. The lowest BCUT2D eigenvalue weighted by molar-refractivity contribution is -0.134. The van der Waals surface area contributed by atoms with Crippen LogP contribution in [-0.4, -0.2) is 63.3 Å². The van der Waals surface area contributed by atoms with E-state index in [0.29, 0.717) is 17.3 Å². The van der Waals surface area contributed by atoms with Crippen LogP contribution >= 0.6 is 11.8 Å². The number of likely N-dealkylation sites (N-methyl/N-ethyl adjacent to an activating group) is 1. The highest BCUT2D eigenvalue weighted by Crippen LogP contribution is 2.28. The fourth-order valence-electron chi connectivity index (χ4n) is 3.26. The highest BCUT2D eigenvalue weighted by atomic mass is 32.2. The van der Waals surface area contributed by atoms with Gasteiger partial charge in [-0.1, -0.05) is 11.8 Å². The number of carbonyl (C=O) groups excluding carboxylic acids is 2. The van der Waals surface area contributed by atoms with Crippen molar-refractivity contribution in [3.05, 3.63) is 29.8 Å². The van der Waals surface area contributed by atoms with Gasteiger partial charge in [0.05, 0.1) is 24.9 Å². The first-order valence-corrected chi connectivity index (χ1v) is 10.8. The third-order valence-corrected chi connectivity index (χ3v) is 5.63. The Balaban J connectivity index is 1.83. The van der Waals surface area contributed by atoms with E-state index in [4.69, 9.17) is 4.74 Å². The first-order valence-electron chi connectivity index (χ1n) is 9.86. The average Bonchev–Trinajstić information content (AvgIpc) is 3.12. The van der Waals surface area contributed by atoms with Crippen LogP contribution in [0.2, 0.25) is 0 Å². The molecule has 2 aromatic heterocycles. The molecule has 8 nitrogen and oxygen atoms in total. The van der Waals surface area contributed by atoms with E-state index in [-0.39, 0.29) is 30.2 Å². The first kappa shape index (κ1) is 21.9. The molecule has 2 amide bonds. The number of hydrogen-bond acceptors (Lipinski definition) is 6. The Hall–Kier alpha value is -2.81. The highest BCUT2D eigenvalue weighted by Gasteiger charge is 2.19. The van der Waals surface area contributed by atoms with E-state index in [1.807, 2.05) is 56.4 Å². The van der Waals surface area contributed by atoms with Crippen LogP contribution in [0.4, 0.5) is 0 Å². The fraction of sp³-hybridized carbons (Fsp3) is 0.429. The molecule has 9 heteroatoms. The number of nitrogens with one attached hydrogen (secondary N) is 1. The molecule has 0 aliphatic rings. The summed E-state index contributed by atoms with van der Waals surface area (Å²) in [5, 5.41) is 13.1. The van der Waals surface area contributed by atoms with Gasteiger partial charge >= 0.3 is 0 Å². The number of pyridine rings is 1. The molecule has 0 aliphatic carbocycles.